The van der Waals surface area contributed by atoms with Gasteiger partial charge in [-0.15, -0.1) is 0 Å². The second kappa shape index (κ2) is 4.28. The predicted octanol–water partition coefficient (Wildman–Crippen LogP) is 2.22. The molecule has 0 aromatic carbocycles. The van der Waals surface area contributed by atoms with Crippen LogP contribution in [-0.4, -0.2) is 22.2 Å². The Morgan fingerprint density at radius 1 is 1.64 bits per heavy atom. The maximum Gasteiger partial charge on any atom is 0.341 e. The molecule has 14 heavy (non-hydrogen) atoms. The minimum absolute atomic E-state index is 0.0168. The monoisotopic (exact) mass is 215 g/mol. The summed E-state index contributed by atoms with van der Waals surface area (Å²) in [6.07, 6.45) is 1.08. The van der Waals surface area contributed by atoms with Crippen molar-refractivity contribution in [3.8, 4) is 5.75 Å². The Kier molecular flexibility index (Phi) is 3.30. The summed E-state index contributed by atoms with van der Waals surface area (Å²) in [5, 5.41) is 9.02. The summed E-state index contributed by atoms with van der Waals surface area (Å²) in [4.78, 5) is 14.4. The lowest BCUT2D eigenvalue weighted by Gasteiger charge is -2.11. The smallest absolute Gasteiger partial charge is 0.341 e. The van der Waals surface area contributed by atoms with Crippen LogP contribution in [0.3, 0.4) is 0 Å². The number of nitrogens with zero attached hydrogens (tertiary/aromatic N) is 1. The first-order chi connectivity index (χ1) is 6.50. The molecule has 1 rings (SSSR count). The Bertz CT molecular complexity index is 352. The summed E-state index contributed by atoms with van der Waals surface area (Å²) in [7, 11) is 0. The first-order valence-electron chi connectivity index (χ1n) is 4.06. The number of hydrogen-bond donors (Lipinski definition) is 1. The number of pyridine rings is 1. The van der Waals surface area contributed by atoms with Crippen LogP contribution in [0.1, 0.15) is 24.2 Å². The molecule has 0 saturated heterocycles. The molecule has 1 aromatic heterocycles. The third kappa shape index (κ3) is 2.60. The molecule has 0 amide bonds. The van der Waals surface area contributed by atoms with Crippen molar-refractivity contribution in [2.24, 2.45) is 0 Å². The fourth-order valence-electron chi connectivity index (χ4n) is 0.925. The van der Waals surface area contributed by atoms with E-state index in [0.29, 0.717) is 0 Å². The predicted molar refractivity (Wildman–Crippen MR) is 52.0 cm³/mol. The Balaban J connectivity index is 3.09. The van der Waals surface area contributed by atoms with Crippen molar-refractivity contribution in [2.75, 3.05) is 0 Å². The van der Waals surface area contributed by atoms with E-state index >= 15 is 0 Å². The highest BCUT2D eigenvalue weighted by atomic mass is 35.5. The van der Waals surface area contributed by atoms with E-state index in [4.69, 9.17) is 21.4 Å². The zero-order valence-corrected chi connectivity index (χ0v) is 8.58. The average Bonchev–Trinajstić information content (AvgIpc) is 2.01. The standard InChI is InChI=1S/C9H10ClNO3/c1-5(2)14-7-3-8(10)11-4-6(7)9(12)13/h3-5H,1-2H3,(H,12,13). The molecular weight excluding hydrogens is 206 g/mol. The quantitative estimate of drug-likeness (QED) is 0.786. The SMILES string of the molecule is CC(C)Oc1cc(Cl)ncc1C(=O)O. The molecule has 0 bridgehead atoms. The van der Waals surface area contributed by atoms with Crippen LogP contribution < -0.4 is 4.74 Å². The molecule has 5 heteroatoms. The molecule has 0 saturated carbocycles. The van der Waals surface area contributed by atoms with Gasteiger partial charge >= 0.3 is 5.97 Å². The number of carboxylic acid groups (broad SMARTS) is 1. The van der Waals surface area contributed by atoms with Gasteiger partial charge in [-0.1, -0.05) is 11.6 Å². The second-order valence-electron chi connectivity index (χ2n) is 2.97. The van der Waals surface area contributed by atoms with Crippen molar-refractivity contribution < 1.29 is 14.6 Å². The Hall–Kier alpha value is -1.29. The van der Waals surface area contributed by atoms with Gasteiger partial charge in [-0.2, -0.15) is 0 Å². The molecule has 1 heterocycles. The maximum absolute atomic E-state index is 10.8. The minimum atomic E-state index is -1.08. The number of carboxylic acids is 1. The second-order valence-corrected chi connectivity index (χ2v) is 3.36. The first-order valence-corrected chi connectivity index (χ1v) is 4.44. The van der Waals surface area contributed by atoms with Crippen molar-refractivity contribution in [2.45, 2.75) is 20.0 Å². The van der Waals surface area contributed by atoms with Crippen LogP contribution in [0.5, 0.6) is 5.75 Å². The molecule has 1 N–H and O–H groups in total. The van der Waals surface area contributed by atoms with E-state index in [-0.39, 0.29) is 22.6 Å². The van der Waals surface area contributed by atoms with E-state index < -0.39 is 5.97 Å². The highest BCUT2D eigenvalue weighted by molar-refractivity contribution is 6.29. The lowest BCUT2D eigenvalue weighted by molar-refractivity contribution is 0.0690. The van der Waals surface area contributed by atoms with Crippen molar-refractivity contribution in [3.05, 3.63) is 23.0 Å². The topological polar surface area (TPSA) is 59.4 Å². The molecular formula is C9H10ClNO3. The van der Waals surface area contributed by atoms with Gasteiger partial charge in [0, 0.05) is 12.3 Å². The van der Waals surface area contributed by atoms with Crippen LogP contribution in [-0.2, 0) is 0 Å². The van der Waals surface area contributed by atoms with Crippen LogP contribution in [0.4, 0.5) is 0 Å². The molecule has 0 aliphatic heterocycles. The average molecular weight is 216 g/mol. The van der Waals surface area contributed by atoms with E-state index in [9.17, 15) is 4.79 Å². The minimum Gasteiger partial charge on any atom is -0.490 e. The molecule has 0 radical (unpaired) electrons. The molecule has 0 atom stereocenters. The molecule has 0 spiro atoms. The van der Waals surface area contributed by atoms with Crippen LogP contribution >= 0.6 is 11.6 Å². The first kappa shape index (κ1) is 10.8. The van der Waals surface area contributed by atoms with Gasteiger partial charge < -0.3 is 9.84 Å². The lowest BCUT2D eigenvalue weighted by atomic mass is 10.2. The van der Waals surface area contributed by atoms with E-state index in [0.717, 1.165) is 0 Å². The summed E-state index contributed by atoms with van der Waals surface area (Å²) in [6.45, 7) is 3.61. The normalized spacial score (nSPS) is 10.3. The van der Waals surface area contributed by atoms with Gasteiger partial charge in [-0.3, -0.25) is 0 Å². The fraction of sp³-hybridized carbons (Fsp3) is 0.333. The number of hydrogen-bond acceptors (Lipinski definition) is 3. The lowest BCUT2D eigenvalue weighted by Crippen LogP contribution is -2.10. The van der Waals surface area contributed by atoms with Crippen molar-refractivity contribution in [1.29, 1.82) is 0 Å². The number of carbonyl (C=O) groups is 1. The van der Waals surface area contributed by atoms with Crippen molar-refractivity contribution in [1.82, 2.24) is 4.98 Å². The molecule has 0 unspecified atom stereocenters. The Morgan fingerprint density at radius 2 is 2.29 bits per heavy atom. The molecule has 0 fully saturated rings. The highest BCUT2D eigenvalue weighted by Crippen LogP contribution is 2.22. The van der Waals surface area contributed by atoms with Gasteiger partial charge in [0.15, 0.2) is 0 Å². The summed E-state index contributed by atoms with van der Waals surface area (Å²) in [5.41, 5.74) is 0.0168. The van der Waals surface area contributed by atoms with Gasteiger partial charge in [0.2, 0.25) is 0 Å². The van der Waals surface area contributed by atoms with E-state index in [1.165, 1.54) is 12.3 Å². The van der Waals surface area contributed by atoms with Crippen molar-refractivity contribution >= 4 is 17.6 Å². The number of halogens is 1. The molecule has 0 aliphatic rings. The molecule has 4 nitrogen and oxygen atoms in total. The zero-order valence-electron chi connectivity index (χ0n) is 7.82. The number of aromatic carboxylic acids is 1. The van der Waals surface area contributed by atoms with Gasteiger partial charge in [0.1, 0.15) is 16.5 Å². The van der Waals surface area contributed by atoms with Gasteiger partial charge in [0.25, 0.3) is 0 Å². The largest absolute Gasteiger partial charge is 0.490 e. The molecule has 76 valence electrons. The summed E-state index contributed by atoms with van der Waals surface area (Å²) in [5.74, 6) is -0.836. The third-order valence-corrected chi connectivity index (χ3v) is 1.63. The fourth-order valence-corrected chi connectivity index (χ4v) is 1.07. The van der Waals surface area contributed by atoms with E-state index in [1.54, 1.807) is 13.8 Å². The van der Waals surface area contributed by atoms with Crippen molar-refractivity contribution in [3.63, 3.8) is 0 Å². The van der Waals surface area contributed by atoms with Crippen LogP contribution in [0.15, 0.2) is 12.3 Å². The number of ether oxygens (including phenoxy) is 1. The van der Waals surface area contributed by atoms with E-state index in [1.807, 2.05) is 0 Å². The van der Waals surface area contributed by atoms with Crippen LogP contribution in [0.2, 0.25) is 5.15 Å². The van der Waals surface area contributed by atoms with Crippen LogP contribution in [0.25, 0.3) is 0 Å². The van der Waals surface area contributed by atoms with Gasteiger partial charge in [0.05, 0.1) is 6.10 Å². The third-order valence-electron chi connectivity index (χ3n) is 1.43. The summed E-state index contributed by atoms with van der Waals surface area (Å²) >= 11 is 5.62. The molecule has 0 aliphatic carbocycles. The summed E-state index contributed by atoms with van der Waals surface area (Å²) in [6, 6.07) is 1.39. The zero-order chi connectivity index (χ0) is 10.7. The van der Waals surface area contributed by atoms with E-state index in [2.05, 4.69) is 4.98 Å². The number of aromatic nitrogens is 1. The maximum atomic E-state index is 10.8. The Labute approximate surface area is 86.5 Å². The Morgan fingerprint density at radius 3 is 2.79 bits per heavy atom. The van der Waals surface area contributed by atoms with Gasteiger partial charge in [-0.25, -0.2) is 9.78 Å². The number of rotatable bonds is 3. The van der Waals surface area contributed by atoms with Crippen LogP contribution in [0, 0.1) is 0 Å². The summed E-state index contributed by atoms with van der Waals surface area (Å²) < 4.78 is 5.28. The van der Waals surface area contributed by atoms with Gasteiger partial charge in [-0.05, 0) is 13.8 Å². The highest BCUT2D eigenvalue weighted by Gasteiger charge is 2.13. The molecule has 1 aromatic rings.